The largest absolute Gasteiger partial charge is 0.326 e. The topological polar surface area (TPSA) is 60.8 Å². The van der Waals surface area contributed by atoms with E-state index in [0.29, 0.717) is 13.1 Å². The Labute approximate surface area is 89.7 Å². The van der Waals surface area contributed by atoms with Crippen LogP contribution < -0.4 is 0 Å². The lowest BCUT2D eigenvalue weighted by molar-refractivity contribution is 0.323. The summed E-state index contributed by atoms with van der Waals surface area (Å²) in [6.07, 6.45) is -0.0870. The van der Waals surface area contributed by atoms with Gasteiger partial charge in [-0.2, -0.15) is 0 Å². The third kappa shape index (κ3) is 5.70. The van der Waals surface area contributed by atoms with E-state index in [9.17, 15) is 4.57 Å². The second kappa shape index (κ2) is 5.42. The Hall–Kier alpha value is -0.670. The molecule has 0 aliphatic carbocycles. The molecule has 1 rings (SSSR count). The molecule has 0 fully saturated rings. The van der Waals surface area contributed by atoms with Gasteiger partial charge >= 0.3 is 7.60 Å². The Balaban J connectivity index is 2.37. The average molecular weight is 229 g/mol. The van der Waals surface area contributed by atoms with Crippen molar-refractivity contribution >= 4 is 7.60 Å². The van der Waals surface area contributed by atoms with E-state index in [0.717, 1.165) is 5.56 Å². The second-order valence-corrected chi connectivity index (χ2v) is 5.39. The molecule has 0 amide bonds. The summed E-state index contributed by atoms with van der Waals surface area (Å²) < 4.78 is 10.7. The zero-order chi connectivity index (χ0) is 11.3. The fourth-order valence-corrected chi connectivity index (χ4v) is 1.88. The second-order valence-electron chi connectivity index (χ2n) is 3.61. The molecule has 0 unspecified atom stereocenters. The standard InChI is InChI=1S/C10H16NO3P/c1-11(7-8-15(12,13)14)9-10-5-3-2-4-6-10/h2-6H,7-9H2,1H3,(H2,12,13,14). The minimum absolute atomic E-state index is 0.0870. The van der Waals surface area contributed by atoms with Crippen LogP contribution in [0.25, 0.3) is 0 Å². The molecule has 0 heterocycles. The van der Waals surface area contributed by atoms with Gasteiger partial charge in [-0.1, -0.05) is 30.3 Å². The summed E-state index contributed by atoms with van der Waals surface area (Å²) in [7, 11) is -2.02. The third-order valence-corrected chi connectivity index (χ3v) is 2.85. The van der Waals surface area contributed by atoms with E-state index < -0.39 is 7.60 Å². The molecule has 0 radical (unpaired) electrons. The number of benzene rings is 1. The summed E-state index contributed by atoms with van der Waals surface area (Å²) in [6, 6.07) is 9.83. The fourth-order valence-electron chi connectivity index (χ4n) is 1.28. The van der Waals surface area contributed by atoms with Crippen LogP contribution in [0.2, 0.25) is 0 Å². The van der Waals surface area contributed by atoms with E-state index >= 15 is 0 Å². The molecule has 0 saturated heterocycles. The minimum Gasteiger partial charge on any atom is -0.324 e. The molecule has 1 aromatic carbocycles. The van der Waals surface area contributed by atoms with Crippen molar-refractivity contribution in [3.63, 3.8) is 0 Å². The van der Waals surface area contributed by atoms with Crippen LogP contribution in [0.1, 0.15) is 5.56 Å². The zero-order valence-electron chi connectivity index (χ0n) is 8.71. The Bertz CT molecular complexity index is 336. The predicted molar refractivity (Wildman–Crippen MR) is 59.7 cm³/mol. The van der Waals surface area contributed by atoms with Crippen LogP contribution in [0.5, 0.6) is 0 Å². The first kappa shape index (κ1) is 12.4. The lowest BCUT2D eigenvalue weighted by Gasteiger charge is -2.16. The predicted octanol–water partition coefficient (Wildman–Crippen LogP) is 1.30. The molecule has 1 aromatic rings. The van der Waals surface area contributed by atoms with Gasteiger partial charge in [0.15, 0.2) is 0 Å². The van der Waals surface area contributed by atoms with Crippen LogP contribution in [0.3, 0.4) is 0 Å². The molecular formula is C10H16NO3P. The van der Waals surface area contributed by atoms with Crippen LogP contribution in [0.4, 0.5) is 0 Å². The maximum absolute atomic E-state index is 10.7. The zero-order valence-corrected chi connectivity index (χ0v) is 9.60. The summed E-state index contributed by atoms with van der Waals surface area (Å²) in [5.74, 6) is 0. The maximum Gasteiger partial charge on any atom is 0.326 e. The minimum atomic E-state index is -3.87. The molecule has 0 saturated carbocycles. The first-order valence-electron chi connectivity index (χ1n) is 4.74. The van der Waals surface area contributed by atoms with Gasteiger partial charge in [0, 0.05) is 13.1 Å². The van der Waals surface area contributed by atoms with Crippen LogP contribution in [-0.2, 0) is 11.1 Å². The first-order chi connectivity index (χ1) is 6.97. The highest BCUT2D eigenvalue weighted by molar-refractivity contribution is 7.51. The Morgan fingerprint density at radius 3 is 2.40 bits per heavy atom. The van der Waals surface area contributed by atoms with Gasteiger partial charge in [-0.15, -0.1) is 0 Å². The van der Waals surface area contributed by atoms with Gasteiger partial charge < -0.3 is 14.7 Å². The maximum atomic E-state index is 10.7. The summed E-state index contributed by atoms with van der Waals surface area (Å²) in [4.78, 5) is 19.3. The van der Waals surface area contributed by atoms with E-state index in [1.54, 1.807) is 0 Å². The van der Waals surface area contributed by atoms with Gasteiger partial charge in [-0.3, -0.25) is 4.57 Å². The van der Waals surface area contributed by atoms with Crippen molar-refractivity contribution in [2.45, 2.75) is 6.54 Å². The van der Waals surface area contributed by atoms with Crippen molar-refractivity contribution in [2.24, 2.45) is 0 Å². The quantitative estimate of drug-likeness (QED) is 0.747. The van der Waals surface area contributed by atoms with E-state index in [1.165, 1.54) is 0 Å². The lowest BCUT2D eigenvalue weighted by atomic mass is 10.2. The summed E-state index contributed by atoms with van der Waals surface area (Å²) in [5.41, 5.74) is 1.14. The van der Waals surface area contributed by atoms with E-state index in [1.807, 2.05) is 42.3 Å². The van der Waals surface area contributed by atoms with Gasteiger partial charge in [-0.05, 0) is 12.6 Å². The smallest absolute Gasteiger partial charge is 0.324 e. The van der Waals surface area contributed by atoms with Gasteiger partial charge in [-0.25, -0.2) is 0 Å². The number of hydrogen-bond donors (Lipinski definition) is 2. The van der Waals surface area contributed by atoms with Crippen LogP contribution in [0.15, 0.2) is 30.3 Å². The molecule has 5 heteroatoms. The molecule has 0 aliphatic heterocycles. The van der Waals surface area contributed by atoms with Crippen LogP contribution in [0, 0.1) is 0 Å². The van der Waals surface area contributed by atoms with Crippen molar-refractivity contribution in [1.29, 1.82) is 0 Å². The molecule has 15 heavy (non-hydrogen) atoms. The normalized spacial score (nSPS) is 12.0. The van der Waals surface area contributed by atoms with Gasteiger partial charge in [0.05, 0.1) is 6.16 Å². The molecule has 0 bridgehead atoms. The summed E-state index contributed by atoms with van der Waals surface area (Å²) in [6.45, 7) is 1.11. The molecule has 2 N–H and O–H groups in total. The molecular weight excluding hydrogens is 213 g/mol. The first-order valence-corrected chi connectivity index (χ1v) is 6.54. The number of hydrogen-bond acceptors (Lipinski definition) is 2. The highest BCUT2D eigenvalue weighted by atomic mass is 31.2. The van der Waals surface area contributed by atoms with Gasteiger partial charge in [0.25, 0.3) is 0 Å². The van der Waals surface area contributed by atoms with Gasteiger partial charge in [0.2, 0.25) is 0 Å². The third-order valence-electron chi connectivity index (χ3n) is 2.07. The Morgan fingerprint density at radius 2 is 1.87 bits per heavy atom. The van der Waals surface area contributed by atoms with Gasteiger partial charge in [0.1, 0.15) is 0 Å². The van der Waals surface area contributed by atoms with E-state index in [-0.39, 0.29) is 6.16 Å². The van der Waals surface area contributed by atoms with Crippen molar-refractivity contribution in [3.05, 3.63) is 35.9 Å². The fraction of sp³-hybridized carbons (Fsp3) is 0.400. The number of nitrogens with zero attached hydrogens (tertiary/aromatic N) is 1. The van der Waals surface area contributed by atoms with Crippen molar-refractivity contribution < 1.29 is 14.4 Å². The summed E-state index contributed by atoms with van der Waals surface area (Å²) in [5, 5.41) is 0. The Kier molecular flexibility index (Phi) is 4.48. The van der Waals surface area contributed by atoms with Crippen molar-refractivity contribution in [1.82, 2.24) is 4.90 Å². The highest BCUT2D eigenvalue weighted by Gasteiger charge is 2.13. The lowest BCUT2D eigenvalue weighted by Crippen LogP contribution is -2.21. The monoisotopic (exact) mass is 229 g/mol. The van der Waals surface area contributed by atoms with Crippen LogP contribution >= 0.6 is 7.60 Å². The SMILES string of the molecule is CN(CCP(=O)(O)O)Cc1ccccc1. The van der Waals surface area contributed by atoms with Crippen molar-refractivity contribution in [2.75, 3.05) is 19.8 Å². The number of rotatable bonds is 5. The molecule has 0 aromatic heterocycles. The highest BCUT2D eigenvalue weighted by Crippen LogP contribution is 2.33. The average Bonchev–Trinajstić information content (AvgIpc) is 2.15. The molecule has 84 valence electrons. The summed E-state index contributed by atoms with van der Waals surface area (Å²) >= 11 is 0. The van der Waals surface area contributed by atoms with E-state index in [4.69, 9.17) is 9.79 Å². The van der Waals surface area contributed by atoms with E-state index in [2.05, 4.69) is 0 Å². The van der Waals surface area contributed by atoms with Crippen molar-refractivity contribution in [3.8, 4) is 0 Å². The molecule has 0 spiro atoms. The molecule has 0 aliphatic rings. The molecule has 4 nitrogen and oxygen atoms in total. The van der Waals surface area contributed by atoms with Crippen LogP contribution in [-0.4, -0.2) is 34.4 Å². The Morgan fingerprint density at radius 1 is 1.27 bits per heavy atom. The molecule has 0 atom stereocenters.